The molecule has 1 aromatic heterocycles. The molecule has 0 fully saturated rings. The van der Waals surface area contributed by atoms with Gasteiger partial charge in [-0.3, -0.25) is 4.79 Å². The lowest BCUT2D eigenvalue weighted by Crippen LogP contribution is -2.40. The van der Waals surface area contributed by atoms with E-state index in [1.54, 1.807) is 0 Å². The van der Waals surface area contributed by atoms with Gasteiger partial charge in [0, 0.05) is 34.6 Å². The highest BCUT2D eigenvalue weighted by molar-refractivity contribution is 6.31. The molecule has 1 atom stereocenters. The molecule has 1 amide bonds. The first-order chi connectivity index (χ1) is 14.8. The average Bonchev–Trinajstić information content (AvgIpc) is 3.34. The Bertz CT molecular complexity index is 1160. The van der Waals surface area contributed by atoms with Gasteiger partial charge in [0.15, 0.2) is 11.5 Å². The van der Waals surface area contributed by atoms with E-state index in [1.165, 1.54) is 5.56 Å². The molecular weight excluding hydrogens is 412 g/mol. The van der Waals surface area contributed by atoms with Crippen LogP contribution in [0.1, 0.15) is 56.5 Å². The highest BCUT2D eigenvalue weighted by atomic mass is 35.5. The quantitative estimate of drug-likeness (QED) is 0.558. The fourth-order valence-corrected chi connectivity index (χ4v) is 4.76. The van der Waals surface area contributed by atoms with Crippen molar-refractivity contribution in [2.75, 3.05) is 13.3 Å². The van der Waals surface area contributed by atoms with Crippen molar-refractivity contribution in [3.8, 4) is 11.5 Å². The molecule has 2 aromatic carbocycles. The van der Waals surface area contributed by atoms with Crippen LogP contribution in [0, 0.1) is 5.41 Å². The smallest absolute Gasteiger partial charge is 0.231 e. The summed E-state index contributed by atoms with van der Waals surface area (Å²) < 4.78 is 11.1. The number of rotatable bonds is 3. The molecule has 2 aliphatic rings. The lowest BCUT2D eigenvalue weighted by molar-refractivity contribution is -0.133. The number of carbonyl (C=O) groups is 1. The Labute approximate surface area is 187 Å². The Morgan fingerprint density at radius 2 is 1.97 bits per heavy atom. The van der Waals surface area contributed by atoms with Crippen molar-refractivity contribution in [3.63, 3.8) is 0 Å². The molecular formula is C25H27ClN2O3. The van der Waals surface area contributed by atoms with Crippen LogP contribution in [0.2, 0.25) is 5.02 Å². The Morgan fingerprint density at radius 3 is 2.77 bits per heavy atom. The largest absolute Gasteiger partial charge is 0.454 e. The fourth-order valence-electron chi connectivity index (χ4n) is 4.58. The molecule has 3 heterocycles. The summed E-state index contributed by atoms with van der Waals surface area (Å²) in [5.41, 5.74) is 4.48. The van der Waals surface area contributed by atoms with Crippen LogP contribution < -0.4 is 9.47 Å². The minimum atomic E-state index is -0.197. The van der Waals surface area contributed by atoms with Gasteiger partial charge >= 0.3 is 0 Å². The molecule has 0 bridgehead atoms. The normalized spacial score (nSPS) is 17.8. The van der Waals surface area contributed by atoms with E-state index in [2.05, 4.69) is 25.8 Å². The van der Waals surface area contributed by atoms with Crippen LogP contribution in [0.3, 0.4) is 0 Å². The molecule has 2 aliphatic heterocycles. The monoisotopic (exact) mass is 438 g/mol. The maximum absolute atomic E-state index is 13.4. The number of ether oxygens (including phenoxy) is 2. The number of halogens is 1. The number of H-pyrrole nitrogens is 1. The average molecular weight is 439 g/mol. The van der Waals surface area contributed by atoms with Crippen LogP contribution in [0.25, 0.3) is 10.9 Å². The van der Waals surface area contributed by atoms with E-state index in [1.807, 2.05) is 41.3 Å². The van der Waals surface area contributed by atoms with Gasteiger partial charge in [0.25, 0.3) is 0 Å². The zero-order valence-corrected chi connectivity index (χ0v) is 18.9. The van der Waals surface area contributed by atoms with E-state index in [0.29, 0.717) is 13.0 Å². The lowest BCUT2D eigenvalue weighted by atomic mass is 9.88. The maximum atomic E-state index is 13.4. The van der Waals surface area contributed by atoms with Gasteiger partial charge in [0.2, 0.25) is 12.7 Å². The van der Waals surface area contributed by atoms with Gasteiger partial charge in [-0.05, 0) is 59.7 Å². The second kappa shape index (κ2) is 7.49. The molecule has 5 rings (SSSR count). The highest BCUT2D eigenvalue weighted by Gasteiger charge is 2.35. The van der Waals surface area contributed by atoms with Crippen molar-refractivity contribution < 1.29 is 14.3 Å². The first kappa shape index (κ1) is 20.3. The summed E-state index contributed by atoms with van der Waals surface area (Å²) in [7, 11) is 0. The number of carbonyl (C=O) groups excluding carboxylic acids is 1. The standard InChI is InChI=1S/C25H27ClN2O3/c1-25(2,3)10-8-22(29)28-11-9-17-18-13-16(26)5-6-19(18)27-23(17)24(28)15-4-7-20-21(12-15)31-14-30-20/h4-7,12-13,24,27H,8-11,14H2,1-3H3. The van der Waals surface area contributed by atoms with E-state index in [9.17, 15) is 4.79 Å². The number of fused-ring (bicyclic) bond motifs is 4. The van der Waals surface area contributed by atoms with E-state index in [-0.39, 0.29) is 24.2 Å². The molecule has 0 saturated carbocycles. The lowest BCUT2D eigenvalue weighted by Gasteiger charge is -2.37. The Morgan fingerprint density at radius 1 is 1.16 bits per heavy atom. The third kappa shape index (κ3) is 3.76. The maximum Gasteiger partial charge on any atom is 0.231 e. The number of hydrogen-bond acceptors (Lipinski definition) is 3. The van der Waals surface area contributed by atoms with E-state index in [0.717, 1.165) is 51.5 Å². The van der Waals surface area contributed by atoms with Crippen LogP contribution in [-0.4, -0.2) is 29.1 Å². The second-order valence-corrected chi connectivity index (χ2v) is 10.1. The second-order valence-electron chi connectivity index (χ2n) is 9.62. The third-order valence-electron chi connectivity index (χ3n) is 6.21. The summed E-state index contributed by atoms with van der Waals surface area (Å²) in [4.78, 5) is 19.0. The van der Waals surface area contributed by atoms with Crippen LogP contribution in [0.5, 0.6) is 11.5 Å². The Kier molecular flexibility index (Phi) is 4.89. The van der Waals surface area contributed by atoms with E-state index in [4.69, 9.17) is 21.1 Å². The minimum Gasteiger partial charge on any atom is -0.454 e. The van der Waals surface area contributed by atoms with E-state index < -0.39 is 0 Å². The molecule has 5 nitrogen and oxygen atoms in total. The molecule has 31 heavy (non-hydrogen) atoms. The predicted molar refractivity (Wildman–Crippen MR) is 122 cm³/mol. The van der Waals surface area contributed by atoms with Crippen LogP contribution in [0.15, 0.2) is 36.4 Å². The Balaban J connectivity index is 1.59. The first-order valence-electron chi connectivity index (χ1n) is 10.8. The van der Waals surface area contributed by atoms with E-state index >= 15 is 0 Å². The number of amides is 1. The van der Waals surface area contributed by atoms with Crippen molar-refractivity contribution in [1.82, 2.24) is 9.88 Å². The molecule has 0 aliphatic carbocycles. The summed E-state index contributed by atoms with van der Waals surface area (Å²) in [6.07, 6.45) is 2.19. The summed E-state index contributed by atoms with van der Waals surface area (Å²) in [5.74, 6) is 1.65. The van der Waals surface area contributed by atoms with Gasteiger partial charge < -0.3 is 19.4 Å². The SMILES string of the molecule is CC(C)(C)CCC(=O)N1CCc2c([nH]c3ccc(Cl)cc23)C1c1ccc2c(c1)OCO2. The molecule has 0 spiro atoms. The van der Waals surface area contributed by atoms with Crippen molar-refractivity contribution >= 4 is 28.4 Å². The van der Waals surface area contributed by atoms with Gasteiger partial charge in [0.1, 0.15) is 0 Å². The number of aromatic nitrogens is 1. The Hall–Kier alpha value is -2.66. The van der Waals surface area contributed by atoms with Crippen molar-refractivity contribution in [2.45, 2.75) is 46.1 Å². The van der Waals surface area contributed by atoms with Gasteiger partial charge in [-0.1, -0.05) is 38.4 Å². The number of nitrogens with zero attached hydrogens (tertiary/aromatic N) is 1. The van der Waals surface area contributed by atoms with Crippen LogP contribution >= 0.6 is 11.6 Å². The third-order valence-corrected chi connectivity index (χ3v) is 6.45. The zero-order valence-electron chi connectivity index (χ0n) is 18.1. The van der Waals surface area contributed by atoms with Crippen LogP contribution in [0.4, 0.5) is 0 Å². The minimum absolute atomic E-state index is 0.114. The zero-order chi connectivity index (χ0) is 21.8. The topological polar surface area (TPSA) is 54.6 Å². The summed E-state index contributed by atoms with van der Waals surface area (Å²) in [6, 6.07) is 11.7. The summed E-state index contributed by atoms with van der Waals surface area (Å²) in [6.45, 7) is 7.42. The van der Waals surface area contributed by atoms with Crippen molar-refractivity contribution in [2.24, 2.45) is 5.41 Å². The van der Waals surface area contributed by atoms with Crippen molar-refractivity contribution in [3.05, 3.63) is 58.2 Å². The fraction of sp³-hybridized carbons (Fsp3) is 0.400. The summed E-state index contributed by atoms with van der Waals surface area (Å²) >= 11 is 6.29. The number of nitrogens with one attached hydrogen (secondary N) is 1. The van der Waals surface area contributed by atoms with Gasteiger partial charge in [-0.2, -0.15) is 0 Å². The molecule has 162 valence electrons. The number of aromatic amines is 1. The molecule has 0 radical (unpaired) electrons. The van der Waals surface area contributed by atoms with Gasteiger partial charge in [-0.25, -0.2) is 0 Å². The molecule has 3 aromatic rings. The number of hydrogen-bond donors (Lipinski definition) is 1. The predicted octanol–water partition coefficient (Wildman–Crippen LogP) is 5.85. The number of benzene rings is 2. The molecule has 6 heteroatoms. The van der Waals surface area contributed by atoms with Crippen molar-refractivity contribution in [1.29, 1.82) is 0 Å². The first-order valence-corrected chi connectivity index (χ1v) is 11.2. The van der Waals surface area contributed by atoms with Gasteiger partial charge in [-0.15, -0.1) is 0 Å². The van der Waals surface area contributed by atoms with Crippen LogP contribution in [-0.2, 0) is 11.2 Å². The molecule has 0 saturated heterocycles. The molecule has 1 N–H and O–H groups in total. The molecule has 1 unspecified atom stereocenters. The van der Waals surface area contributed by atoms with Gasteiger partial charge in [0.05, 0.1) is 6.04 Å². The summed E-state index contributed by atoms with van der Waals surface area (Å²) in [5, 5.41) is 1.85. The highest BCUT2D eigenvalue weighted by Crippen LogP contribution is 2.42.